The first-order chi connectivity index (χ1) is 12.1. The predicted octanol–water partition coefficient (Wildman–Crippen LogP) is 2.05. The molecule has 1 aromatic rings. The number of esters is 1. The van der Waals surface area contributed by atoms with E-state index in [9.17, 15) is 24.0 Å². The second kappa shape index (κ2) is 9.05. The van der Waals surface area contributed by atoms with E-state index in [1.165, 1.54) is 12.1 Å². The van der Waals surface area contributed by atoms with Gasteiger partial charge in [0.05, 0.1) is 7.11 Å². The topological polar surface area (TPSA) is 107 Å². The van der Waals surface area contributed by atoms with Crippen LogP contribution in [0.1, 0.15) is 19.4 Å². The molecule has 0 heterocycles. The fraction of sp³-hybridized carbons (Fsp3) is 0.278. The summed E-state index contributed by atoms with van der Waals surface area (Å²) < 4.78 is 4.27. The number of ether oxygens (including phenoxy) is 1. The number of methoxy groups -OCH3 is 1. The number of hydrogen-bond donors (Lipinski definition) is 1. The quantitative estimate of drug-likeness (QED) is 0.336. The van der Waals surface area contributed by atoms with Crippen LogP contribution in [-0.4, -0.2) is 36.3 Å². The van der Waals surface area contributed by atoms with E-state index in [4.69, 9.17) is 11.6 Å². The molecule has 0 fully saturated rings. The standard InChI is InChI=1S/C18H18ClNO6/c1-9(2)7-13(21)14(16(23)18(25)26-4)15(22)17(24)20-12-6-5-11(19)8-10(12)3/h5-8,14H,1-4H3,(H,20,24)/t14-/m0/s1. The molecule has 138 valence electrons. The van der Waals surface area contributed by atoms with Gasteiger partial charge in [0.15, 0.2) is 11.7 Å². The Morgan fingerprint density at radius 2 is 1.73 bits per heavy atom. The van der Waals surface area contributed by atoms with Gasteiger partial charge < -0.3 is 10.1 Å². The van der Waals surface area contributed by atoms with Crippen molar-refractivity contribution < 1.29 is 28.7 Å². The zero-order chi connectivity index (χ0) is 20.0. The van der Waals surface area contributed by atoms with E-state index in [0.29, 0.717) is 16.2 Å². The molecular formula is C18H18ClNO6. The first-order valence-corrected chi connectivity index (χ1v) is 7.88. The van der Waals surface area contributed by atoms with Gasteiger partial charge in [-0.25, -0.2) is 4.79 Å². The summed E-state index contributed by atoms with van der Waals surface area (Å²) in [6.07, 6.45) is 1.02. The van der Waals surface area contributed by atoms with Crippen molar-refractivity contribution in [2.75, 3.05) is 12.4 Å². The molecule has 0 aliphatic rings. The van der Waals surface area contributed by atoms with Crippen molar-refractivity contribution in [1.82, 2.24) is 0 Å². The van der Waals surface area contributed by atoms with Crippen molar-refractivity contribution in [2.45, 2.75) is 20.8 Å². The molecule has 1 aromatic carbocycles. The number of halogens is 1. The minimum absolute atomic E-state index is 0.284. The summed E-state index contributed by atoms with van der Waals surface area (Å²) >= 11 is 5.82. The van der Waals surface area contributed by atoms with Gasteiger partial charge in [-0.15, -0.1) is 0 Å². The SMILES string of the molecule is COC(=O)C(=O)[C@@H](C(=O)C=C(C)C)C(=O)C(=O)Nc1ccc(Cl)cc1C. The molecule has 0 spiro atoms. The van der Waals surface area contributed by atoms with Crippen molar-refractivity contribution in [2.24, 2.45) is 5.92 Å². The summed E-state index contributed by atoms with van der Waals surface area (Å²) in [7, 11) is 0.935. The Morgan fingerprint density at radius 3 is 2.23 bits per heavy atom. The van der Waals surface area contributed by atoms with Crippen LogP contribution in [0.25, 0.3) is 0 Å². The van der Waals surface area contributed by atoms with Gasteiger partial charge in [0.2, 0.25) is 5.78 Å². The summed E-state index contributed by atoms with van der Waals surface area (Å²) in [5.74, 6) is -8.39. The minimum Gasteiger partial charge on any atom is -0.463 e. The van der Waals surface area contributed by atoms with Crippen LogP contribution in [0.4, 0.5) is 5.69 Å². The number of carbonyl (C=O) groups is 5. The number of ketones is 3. The van der Waals surface area contributed by atoms with Gasteiger partial charge >= 0.3 is 5.97 Å². The average Bonchev–Trinajstić information content (AvgIpc) is 2.55. The molecule has 8 heteroatoms. The Balaban J connectivity index is 3.16. The lowest BCUT2D eigenvalue weighted by Crippen LogP contribution is -2.42. The number of carbonyl (C=O) groups excluding carboxylic acids is 5. The van der Waals surface area contributed by atoms with Crippen molar-refractivity contribution >= 4 is 46.5 Å². The van der Waals surface area contributed by atoms with Gasteiger partial charge in [-0.05, 0) is 50.6 Å². The summed E-state index contributed by atoms with van der Waals surface area (Å²) in [5.41, 5.74) is 1.36. The van der Waals surface area contributed by atoms with Crippen LogP contribution in [0.3, 0.4) is 0 Å². The van der Waals surface area contributed by atoms with Gasteiger partial charge in [-0.3, -0.25) is 19.2 Å². The van der Waals surface area contributed by atoms with E-state index in [0.717, 1.165) is 13.2 Å². The van der Waals surface area contributed by atoms with E-state index >= 15 is 0 Å². The molecule has 0 aliphatic carbocycles. The van der Waals surface area contributed by atoms with Crippen LogP contribution < -0.4 is 5.32 Å². The monoisotopic (exact) mass is 379 g/mol. The third-order valence-electron chi connectivity index (χ3n) is 3.29. The second-order valence-electron chi connectivity index (χ2n) is 5.69. The lowest BCUT2D eigenvalue weighted by Gasteiger charge is -2.12. The fourth-order valence-corrected chi connectivity index (χ4v) is 2.27. The highest BCUT2D eigenvalue weighted by Gasteiger charge is 2.40. The molecule has 0 bridgehead atoms. The number of benzene rings is 1. The Kier molecular flexibility index (Phi) is 7.40. The Morgan fingerprint density at radius 1 is 1.12 bits per heavy atom. The van der Waals surface area contributed by atoms with E-state index < -0.39 is 35.1 Å². The lowest BCUT2D eigenvalue weighted by atomic mass is 9.92. The zero-order valence-electron chi connectivity index (χ0n) is 14.7. The summed E-state index contributed by atoms with van der Waals surface area (Å²) in [6.45, 7) is 4.79. The smallest absolute Gasteiger partial charge is 0.375 e. The zero-order valence-corrected chi connectivity index (χ0v) is 15.5. The molecule has 1 amide bonds. The molecule has 26 heavy (non-hydrogen) atoms. The maximum atomic E-state index is 12.4. The van der Waals surface area contributed by atoms with Crippen LogP contribution in [0, 0.1) is 12.8 Å². The fourth-order valence-electron chi connectivity index (χ4n) is 2.05. The Hall–Kier alpha value is -2.80. The molecule has 1 N–H and O–H groups in total. The molecule has 0 aliphatic heterocycles. The first-order valence-electron chi connectivity index (χ1n) is 7.50. The van der Waals surface area contributed by atoms with Crippen LogP contribution in [0.5, 0.6) is 0 Å². The van der Waals surface area contributed by atoms with Crippen LogP contribution in [-0.2, 0) is 28.7 Å². The number of amides is 1. The minimum atomic E-state index is -2.09. The van der Waals surface area contributed by atoms with Crippen molar-refractivity contribution in [3.63, 3.8) is 0 Å². The maximum absolute atomic E-state index is 12.4. The average molecular weight is 380 g/mol. The van der Waals surface area contributed by atoms with Crippen molar-refractivity contribution in [3.05, 3.63) is 40.4 Å². The predicted molar refractivity (Wildman–Crippen MR) is 94.8 cm³/mol. The van der Waals surface area contributed by atoms with Gasteiger partial charge in [-0.1, -0.05) is 17.2 Å². The normalized spacial score (nSPS) is 11.1. The van der Waals surface area contributed by atoms with E-state index in [1.807, 2.05) is 0 Å². The summed E-state index contributed by atoms with van der Waals surface area (Å²) in [5, 5.41) is 2.75. The van der Waals surface area contributed by atoms with E-state index in [-0.39, 0.29) is 5.69 Å². The second-order valence-corrected chi connectivity index (χ2v) is 6.13. The number of nitrogens with one attached hydrogen (secondary N) is 1. The van der Waals surface area contributed by atoms with Gasteiger partial charge in [-0.2, -0.15) is 0 Å². The van der Waals surface area contributed by atoms with E-state index in [2.05, 4.69) is 10.1 Å². The Labute approximate surface area is 155 Å². The number of Topliss-reactive ketones (excluding diaryl/α,β-unsaturated/α-hetero) is 2. The molecule has 0 radical (unpaired) electrons. The first kappa shape index (κ1) is 21.2. The molecular weight excluding hydrogens is 362 g/mol. The highest BCUT2D eigenvalue weighted by atomic mass is 35.5. The van der Waals surface area contributed by atoms with Gasteiger partial charge in [0.25, 0.3) is 11.7 Å². The molecule has 7 nitrogen and oxygen atoms in total. The number of anilines is 1. The third-order valence-corrected chi connectivity index (χ3v) is 3.52. The molecule has 0 saturated heterocycles. The Bertz CT molecular complexity index is 808. The number of allylic oxidation sites excluding steroid dienone is 2. The van der Waals surface area contributed by atoms with Crippen LogP contribution in [0.15, 0.2) is 29.8 Å². The van der Waals surface area contributed by atoms with Crippen LogP contribution >= 0.6 is 11.6 Å². The highest BCUT2D eigenvalue weighted by Crippen LogP contribution is 2.20. The molecule has 0 saturated carbocycles. The highest BCUT2D eigenvalue weighted by molar-refractivity contribution is 6.55. The largest absolute Gasteiger partial charge is 0.463 e. The lowest BCUT2D eigenvalue weighted by molar-refractivity contribution is -0.157. The number of hydrogen-bond acceptors (Lipinski definition) is 6. The van der Waals surface area contributed by atoms with Crippen LogP contribution in [0.2, 0.25) is 5.02 Å². The number of rotatable bonds is 7. The van der Waals surface area contributed by atoms with E-state index in [1.54, 1.807) is 26.8 Å². The molecule has 1 rings (SSSR count). The molecule has 1 atom stereocenters. The summed E-state index contributed by atoms with van der Waals surface area (Å²) in [4.78, 5) is 60.4. The van der Waals surface area contributed by atoms with Gasteiger partial charge in [0, 0.05) is 10.7 Å². The van der Waals surface area contributed by atoms with Crippen molar-refractivity contribution in [1.29, 1.82) is 0 Å². The third kappa shape index (κ3) is 5.35. The maximum Gasteiger partial charge on any atom is 0.375 e. The molecule has 0 unspecified atom stereocenters. The number of aryl methyl sites for hydroxylation is 1. The van der Waals surface area contributed by atoms with Gasteiger partial charge in [0.1, 0.15) is 0 Å². The summed E-state index contributed by atoms with van der Waals surface area (Å²) in [6, 6.07) is 4.53. The van der Waals surface area contributed by atoms with Crippen molar-refractivity contribution in [3.8, 4) is 0 Å². The molecule has 0 aromatic heterocycles.